The van der Waals surface area contributed by atoms with Gasteiger partial charge in [0.05, 0.1) is 18.2 Å². The van der Waals surface area contributed by atoms with Crippen molar-refractivity contribution in [3.8, 4) is 0 Å². The minimum atomic E-state index is -0.652. The number of primary amides is 1. The van der Waals surface area contributed by atoms with Crippen LogP contribution in [-0.2, 0) is 22.7 Å². The maximum atomic E-state index is 12.7. The maximum Gasteiger partial charge on any atom is 0.320 e. The van der Waals surface area contributed by atoms with Crippen LogP contribution in [0.2, 0.25) is 0 Å². The van der Waals surface area contributed by atoms with Gasteiger partial charge < -0.3 is 30.3 Å². The van der Waals surface area contributed by atoms with Gasteiger partial charge in [-0.2, -0.15) is 0 Å². The van der Waals surface area contributed by atoms with E-state index in [0.717, 1.165) is 93.5 Å². The number of aromatic nitrogens is 3. The van der Waals surface area contributed by atoms with Gasteiger partial charge in [0.1, 0.15) is 11.5 Å². The van der Waals surface area contributed by atoms with Gasteiger partial charge in [-0.05, 0) is 80.2 Å². The van der Waals surface area contributed by atoms with Gasteiger partial charge in [0.2, 0.25) is 11.8 Å². The van der Waals surface area contributed by atoms with Crippen molar-refractivity contribution >= 4 is 52.0 Å². The summed E-state index contributed by atoms with van der Waals surface area (Å²) in [5.74, 6) is -0.255. The van der Waals surface area contributed by atoms with E-state index >= 15 is 0 Å². The summed E-state index contributed by atoms with van der Waals surface area (Å²) in [6.45, 7) is 4.56. The first-order valence-electron chi connectivity index (χ1n) is 19.5. The van der Waals surface area contributed by atoms with Gasteiger partial charge in [-0.25, -0.2) is 14.8 Å². The van der Waals surface area contributed by atoms with Gasteiger partial charge in [-0.1, -0.05) is 23.4 Å². The van der Waals surface area contributed by atoms with E-state index in [0.29, 0.717) is 48.7 Å². The SMILES string of the molecule is CN1CCN([C@@H]2CCCN(c3cnc(C(N)=O)c(Nc4ccc([C@H]5CC[C@@H](N6Cc7ccc8c(C9CCC(=O)NC9=O)noc8c7C6)CC5)cc4)n3)C2)C1=O. The third-order valence-corrected chi connectivity index (χ3v) is 12.4. The summed E-state index contributed by atoms with van der Waals surface area (Å²) in [6, 6.07) is 13.1. The Bertz CT molecular complexity index is 2160. The van der Waals surface area contributed by atoms with E-state index in [1.165, 1.54) is 11.1 Å². The fourth-order valence-corrected chi connectivity index (χ4v) is 9.36. The van der Waals surface area contributed by atoms with Crippen molar-refractivity contribution in [3.63, 3.8) is 0 Å². The summed E-state index contributed by atoms with van der Waals surface area (Å²) < 4.78 is 5.86. The minimum absolute atomic E-state index is 0.0668. The van der Waals surface area contributed by atoms with Gasteiger partial charge in [0.25, 0.3) is 5.91 Å². The molecule has 6 heterocycles. The second-order valence-electron chi connectivity index (χ2n) is 15.7. The van der Waals surface area contributed by atoms with Gasteiger partial charge in [-0.3, -0.25) is 24.6 Å². The maximum absolute atomic E-state index is 12.7. The number of imide groups is 1. The zero-order valence-corrected chi connectivity index (χ0v) is 31.0. The number of fused-ring (bicyclic) bond motifs is 3. The number of hydrogen-bond donors (Lipinski definition) is 3. The lowest BCUT2D eigenvalue weighted by Crippen LogP contribution is -2.49. The average Bonchev–Trinajstić information content (AvgIpc) is 3.92. The van der Waals surface area contributed by atoms with Gasteiger partial charge >= 0.3 is 6.03 Å². The number of carbonyl (C=O) groups is 4. The molecule has 9 rings (SSSR count). The summed E-state index contributed by atoms with van der Waals surface area (Å²) >= 11 is 0. The molecule has 0 spiro atoms. The highest BCUT2D eigenvalue weighted by atomic mass is 16.5. The number of amides is 5. The number of nitrogens with zero attached hydrogens (tertiary/aromatic N) is 7. The predicted molar refractivity (Wildman–Crippen MR) is 204 cm³/mol. The molecule has 3 saturated heterocycles. The molecule has 55 heavy (non-hydrogen) atoms. The number of nitrogens with two attached hydrogens (primary N) is 1. The third-order valence-electron chi connectivity index (χ3n) is 12.4. The highest BCUT2D eigenvalue weighted by Crippen LogP contribution is 2.41. The van der Waals surface area contributed by atoms with Crippen LogP contribution in [0.25, 0.3) is 11.0 Å². The monoisotopic (exact) mass is 746 g/mol. The minimum Gasteiger partial charge on any atom is -0.364 e. The largest absolute Gasteiger partial charge is 0.364 e. The Morgan fingerprint density at radius 1 is 0.945 bits per heavy atom. The first-order chi connectivity index (χ1) is 26.7. The molecule has 4 aromatic rings. The number of carbonyl (C=O) groups excluding carboxylic acids is 4. The molecule has 1 saturated carbocycles. The molecule has 2 atom stereocenters. The normalized spacial score (nSPS) is 24.7. The van der Waals surface area contributed by atoms with Crippen LogP contribution in [0.1, 0.15) is 96.1 Å². The number of rotatable bonds is 8. The fourth-order valence-electron chi connectivity index (χ4n) is 9.36. The summed E-state index contributed by atoms with van der Waals surface area (Å²) in [5.41, 5.74) is 11.6. The molecule has 2 aromatic carbocycles. The Balaban J connectivity index is 0.825. The third kappa shape index (κ3) is 6.64. The molecule has 4 N–H and O–H groups in total. The molecule has 4 aliphatic heterocycles. The summed E-state index contributed by atoms with van der Waals surface area (Å²) in [6.07, 6.45) is 8.55. The van der Waals surface area contributed by atoms with Crippen LogP contribution in [0, 0.1) is 0 Å². The molecule has 1 aliphatic carbocycles. The average molecular weight is 747 g/mol. The Kier molecular flexibility index (Phi) is 9.11. The lowest BCUT2D eigenvalue weighted by molar-refractivity contribution is -0.134. The number of hydrogen-bond acceptors (Lipinski definition) is 11. The van der Waals surface area contributed by atoms with Crippen LogP contribution < -0.4 is 21.3 Å². The highest BCUT2D eigenvalue weighted by molar-refractivity contribution is 6.02. The Hall–Kier alpha value is -5.57. The molecule has 15 heteroatoms. The molecule has 4 fully saturated rings. The van der Waals surface area contributed by atoms with Crippen molar-refractivity contribution in [2.45, 2.75) is 88.4 Å². The van der Waals surface area contributed by atoms with Crippen molar-refractivity contribution < 1.29 is 23.7 Å². The summed E-state index contributed by atoms with van der Waals surface area (Å²) in [5, 5.41) is 10.9. The van der Waals surface area contributed by atoms with E-state index in [1.807, 2.05) is 30.1 Å². The lowest BCUT2D eigenvalue weighted by atomic mass is 9.81. The van der Waals surface area contributed by atoms with E-state index in [2.05, 4.69) is 48.8 Å². The molecule has 0 bridgehead atoms. The highest BCUT2D eigenvalue weighted by Gasteiger charge is 2.37. The van der Waals surface area contributed by atoms with E-state index in [9.17, 15) is 19.2 Å². The van der Waals surface area contributed by atoms with Crippen LogP contribution in [0.15, 0.2) is 47.1 Å². The molecular formula is C40H46N10O5. The molecule has 0 radical (unpaired) electrons. The van der Waals surface area contributed by atoms with Crippen LogP contribution in [0.4, 0.5) is 22.1 Å². The Morgan fingerprint density at radius 2 is 1.76 bits per heavy atom. The van der Waals surface area contributed by atoms with Crippen molar-refractivity contribution in [1.29, 1.82) is 0 Å². The molecule has 5 aliphatic rings. The number of anilines is 3. The van der Waals surface area contributed by atoms with Crippen LogP contribution in [-0.4, -0.2) is 98.9 Å². The molecule has 15 nitrogen and oxygen atoms in total. The van der Waals surface area contributed by atoms with Crippen molar-refractivity contribution in [2.75, 3.05) is 43.4 Å². The van der Waals surface area contributed by atoms with Crippen molar-refractivity contribution in [2.24, 2.45) is 5.73 Å². The Labute approximate surface area is 318 Å². The second-order valence-corrected chi connectivity index (χ2v) is 15.7. The van der Waals surface area contributed by atoms with E-state index < -0.39 is 11.8 Å². The zero-order valence-electron chi connectivity index (χ0n) is 31.0. The lowest BCUT2D eigenvalue weighted by Gasteiger charge is -2.37. The predicted octanol–water partition coefficient (Wildman–Crippen LogP) is 4.36. The van der Waals surface area contributed by atoms with E-state index in [4.69, 9.17) is 15.2 Å². The van der Waals surface area contributed by atoms with Crippen LogP contribution >= 0.6 is 0 Å². The molecular weight excluding hydrogens is 701 g/mol. The van der Waals surface area contributed by atoms with E-state index in [1.54, 1.807) is 11.1 Å². The van der Waals surface area contributed by atoms with Gasteiger partial charge in [-0.15, -0.1) is 0 Å². The number of piperidine rings is 2. The zero-order chi connectivity index (χ0) is 37.8. The van der Waals surface area contributed by atoms with Gasteiger partial charge in [0.15, 0.2) is 17.1 Å². The molecule has 2 aromatic heterocycles. The summed E-state index contributed by atoms with van der Waals surface area (Å²) in [4.78, 5) is 66.9. The molecule has 5 amide bonds. The number of nitrogens with one attached hydrogen (secondary N) is 2. The van der Waals surface area contributed by atoms with Crippen molar-refractivity contribution in [1.82, 2.24) is 35.1 Å². The first kappa shape index (κ1) is 35.2. The smallest absolute Gasteiger partial charge is 0.320 e. The topological polar surface area (TPSA) is 183 Å². The first-order valence-corrected chi connectivity index (χ1v) is 19.5. The molecule has 286 valence electrons. The quantitative estimate of drug-likeness (QED) is 0.218. The second kappa shape index (κ2) is 14.3. The number of benzene rings is 2. The van der Waals surface area contributed by atoms with Crippen LogP contribution in [0.3, 0.4) is 0 Å². The number of urea groups is 1. The number of likely N-dealkylation sites (N-methyl/N-ethyl adjacent to an activating group) is 1. The van der Waals surface area contributed by atoms with Crippen molar-refractivity contribution in [3.05, 3.63) is 70.7 Å². The summed E-state index contributed by atoms with van der Waals surface area (Å²) in [7, 11) is 1.84. The molecule has 1 unspecified atom stereocenters. The van der Waals surface area contributed by atoms with Gasteiger partial charge in [0, 0.05) is 75.4 Å². The van der Waals surface area contributed by atoms with E-state index in [-0.39, 0.29) is 29.6 Å². The standard InChI is InChI=1S/C40H46N10O5/c1-47-17-18-50(40(47)54)28-3-2-16-48(21-28)32-19-42-35(37(41)52)38(44-32)43-26-9-4-23(5-10-26)24-6-11-27(12-7-24)49-20-25-8-13-29-34(46-55-36(29)31(25)22-49)30-14-15-33(51)45-39(30)53/h4-5,8-10,13,19,24,27-28,30H,2-3,6-7,11-12,14-18,20-22H2,1H3,(H2,41,52)(H,43,44)(H,45,51,53)/t24-,27+,28-,30?/m1/s1. The van der Waals surface area contributed by atoms with Crippen LogP contribution in [0.5, 0.6) is 0 Å². The Morgan fingerprint density at radius 3 is 2.51 bits per heavy atom. The fraction of sp³-hybridized carbons (Fsp3) is 0.475.